The standard InChI is InChI=1S/C21H24FNO3/c22-18-10-8-16(9-11-18)13-21(12-4-7-19(21)24)15-23-20(25)26-14-17-5-2-1-3-6-17/h1-3,5-6,8-11,19,24H,4,7,12-15H2,(H,23,25). The van der Waals surface area contributed by atoms with E-state index < -0.39 is 17.6 Å². The van der Waals surface area contributed by atoms with Gasteiger partial charge in [0, 0.05) is 12.0 Å². The van der Waals surface area contributed by atoms with E-state index in [2.05, 4.69) is 5.32 Å². The summed E-state index contributed by atoms with van der Waals surface area (Å²) in [6.07, 6.45) is 2.02. The van der Waals surface area contributed by atoms with E-state index in [9.17, 15) is 14.3 Å². The number of halogens is 1. The number of aliphatic hydroxyl groups excluding tert-OH is 1. The molecule has 2 aromatic rings. The lowest BCUT2D eigenvalue weighted by Crippen LogP contribution is -2.44. The molecule has 0 heterocycles. The summed E-state index contributed by atoms with van der Waals surface area (Å²) in [5, 5.41) is 13.3. The molecule has 3 rings (SSSR count). The quantitative estimate of drug-likeness (QED) is 0.826. The third-order valence-corrected chi connectivity index (χ3v) is 5.13. The van der Waals surface area contributed by atoms with Crippen molar-refractivity contribution in [3.05, 3.63) is 71.5 Å². The Labute approximate surface area is 153 Å². The van der Waals surface area contributed by atoms with Crippen LogP contribution < -0.4 is 5.32 Å². The Hall–Kier alpha value is -2.40. The average molecular weight is 357 g/mol. The number of carbonyl (C=O) groups is 1. The molecule has 0 aliphatic heterocycles. The molecule has 1 aliphatic carbocycles. The second-order valence-corrected chi connectivity index (χ2v) is 6.99. The molecule has 0 radical (unpaired) electrons. The van der Waals surface area contributed by atoms with Gasteiger partial charge in [-0.25, -0.2) is 9.18 Å². The molecule has 138 valence electrons. The highest BCUT2D eigenvalue weighted by atomic mass is 19.1. The number of benzene rings is 2. The van der Waals surface area contributed by atoms with Gasteiger partial charge >= 0.3 is 6.09 Å². The summed E-state index contributed by atoms with van der Waals surface area (Å²) in [5.74, 6) is -0.280. The van der Waals surface area contributed by atoms with Gasteiger partial charge < -0.3 is 15.2 Å². The third kappa shape index (κ3) is 4.61. The van der Waals surface area contributed by atoms with Crippen molar-refractivity contribution in [1.82, 2.24) is 5.32 Å². The molecule has 5 heteroatoms. The van der Waals surface area contributed by atoms with Gasteiger partial charge in [0.05, 0.1) is 6.10 Å². The van der Waals surface area contributed by atoms with Gasteiger partial charge in [0.25, 0.3) is 0 Å². The minimum atomic E-state index is -0.498. The molecule has 0 aromatic heterocycles. The summed E-state index contributed by atoms with van der Waals surface area (Å²) in [7, 11) is 0. The van der Waals surface area contributed by atoms with Gasteiger partial charge in [-0.05, 0) is 42.5 Å². The number of carbonyl (C=O) groups excluding carboxylic acids is 1. The first-order valence-electron chi connectivity index (χ1n) is 8.94. The lowest BCUT2D eigenvalue weighted by atomic mass is 9.78. The Balaban J connectivity index is 1.58. The van der Waals surface area contributed by atoms with Gasteiger partial charge in [-0.1, -0.05) is 48.9 Å². The molecule has 0 spiro atoms. The van der Waals surface area contributed by atoms with Crippen LogP contribution in [-0.2, 0) is 17.8 Å². The molecule has 2 aromatic carbocycles. The molecule has 0 bridgehead atoms. The molecular weight excluding hydrogens is 333 g/mol. The summed E-state index contributed by atoms with van der Waals surface area (Å²) >= 11 is 0. The van der Waals surface area contributed by atoms with Crippen molar-refractivity contribution in [2.24, 2.45) is 5.41 Å². The minimum Gasteiger partial charge on any atom is -0.445 e. The monoisotopic (exact) mass is 357 g/mol. The molecule has 1 saturated carbocycles. The van der Waals surface area contributed by atoms with Crippen LogP contribution in [0.2, 0.25) is 0 Å². The van der Waals surface area contributed by atoms with Crippen molar-refractivity contribution in [1.29, 1.82) is 0 Å². The lowest BCUT2D eigenvalue weighted by molar-refractivity contribution is 0.0499. The highest BCUT2D eigenvalue weighted by Crippen LogP contribution is 2.40. The zero-order valence-electron chi connectivity index (χ0n) is 14.7. The summed E-state index contributed by atoms with van der Waals surface area (Å²) in [6, 6.07) is 15.8. The van der Waals surface area contributed by atoms with Crippen LogP contribution in [0.4, 0.5) is 9.18 Å². The van der Waals surface area contributed by atoms with E-state index >= 15 is 0 Å². The van der Waals surface area contributed by atoms with Crippen LogP contribution in [0.5, 0.6) is 0 Å². The predicted molar refractivity (Wildman–Crippen MR) is 97.0 cm³/mol. The van der Waals surface area contributed by atoms with Crippen molar-refractivity contribution < 1.29 is 19.0 Å². The Morgan fingerprint density at radius 2 is 1.88 bits per heavy atom. The number of rotatable bonds is 6. The fraction of sp³-hybridized carbons (Fsp3) is 0.381. The number of amides is 1. The first-order valence-corrected chi connectivity index (χ1v) is 8.94. The fourth-order valence-electron chi connectivity index (χ4n) is 3.63. The van der Waals surface area contributed by atoms with Gasteiger partial charge in [-0.3, -0.25) is 0 Å². The number of nitrogens with one attached hydrogen (secondary N) is 1. The summed E-state index contributed by atoms with van der Waals surface area (Å²) in [4.78, 5) is 12.1. The van der Waals surface area contributed by atoms with Crippen molar-refractivity contribution in [3.8, 4) is 0 Å². The Bertz CT molecular complexity index is 720. The van der Waals surface area contributed by atoms with E-state index in [0.29, 0.717) is 19.4 Å². The Kier molecular flexibility index (Phi) is 5.89. The highest BCUT2D eigenvalue weighted by Gasteiger charge is 2.42. The topological polar surface area (TPSA) is 58.6 Å². The zero-order valence-corrected chi connectivity index (χ0v) is 14.7. The molecular formula is C21H24FNO3. The van der Waals surface area contributed by atoms with Gasteiger partial charge in [0.2, 0.25) is 0 Å². The number of aliphatic hydroxyl groups is 1. The first kappa shape index (κ1) is 18.4. The van der Waals surface area contributed by atoms with E-state index in [4.69, 9.17) is 4.74 Å². The number of alkyl carbamates (subject to hydrolysis) is 1. The molecule has 0 saturated heterocycles. The van der Waals surface area contributed by atoms with Crippen LogP contribution in [0.25, 0.3) is 0 Å². The number of hydrogen-bond donors (Lipinski definition) is 2. The maximum absolute atomic E-state index is 13.1. The maximum Gasteiger partial charge on any atom is 0.407 e. The van der Waals surface area contributed by atoms with Crippen LogP contribution in [0, 0.1) is 11.2 Å². The second kappa shape index (κ2) is 8.32. The van der Waals surface area contributed by atoms with E-state index in [1.54, 1.807) is 12.1 Å². The van der Waals surface area contributed by atoms with E-state index in [0.717, 1.165) is 24.0 Å². The minimum absolute atomic E-state index is 0.209. The Morgan fingerprint density at radius 1 is 1.15 bits per heavy atom. The zero-order chi connectivity index (χ0) is 18.4. The van der Waals surface area contributed by atoms with Crippen LogP contribution >= 0.6 is 0 Å². The smallest absolute Gasteiger partial charge is 0.407 e. The van der Waals surface area contributed by atoms with Gasteiger partial charge in [0.1, 0.15) is 12.4 Å². The fourth-order valence-corrected chi connectivity index (χ4v) is 3.63. The number of hydrogen-bond acceptors (Lipinski definition) is 3. The predicted octanol–water partition coefficient (Wildman–Crippen LogP) is 3.83. The molecule has 1 fully saturated rings. The van der Waals surface area contributed by atoms with E-state index in [-0.39, 0.29) is 12.4 Å². The van der Waals surface area contributed by atoms with Crippen LogP contribution in [0.15, 0.2) is 54.6 Å². The molecule has 4 nitrogen and oxygen atoms in total. The van der Waals surface area contributed by atoms with E-state index in [1.165, 1.54) is 12.1 Å². The van der Waals surface area contributed by atoms with Gasteiger partial charge in [-0.15, -0.1) is 0 Å². The first-order chi connectivity index (χ1) is 12.6. The summed E-state index contributed by atoms with van der Waals surface area (Å²) in [5.41, 5.74) is 1.43. The summed E-state index contributed by atoms with van der Waals surface area (Å²) in [6.45, 7) is 0.541. The molecule has 1 aliphatic rings. The average Bonchev–Trinajstić information content (AvgIpc) is 3.01. The van der Waals surface area contributed by atoms with Crippen LogP contribution in [0.1, 0.15) is 30.4 Å². The largest absolute Gasteiger partial charge is 0.445 e. The molecule has 2 atom stereocenters. The van der Waals surface area contributed by atoms with Gasteiger partial charge in [-0.2, -0.15) is 0 Å². The molecule has 2 unspecified atom stereocenters. The molecule has 2 N–H and O–H groups in total. The van der Waals surface area contributed by atoms with Crippen molar-refractivity contribution in [2.45, 2.75) is 38.4 Å². The second-order valence-electron chi connectivity index (χ2n) is 6.99. The Morgan fingerprint density at radius 3 is 2.54 bits per heavy atom. The van der Waals surface area contributed by atoms with E-state index in [1.807, 2.05) is 30.3 Å². The summed E-state index contributed by atoms with van der Waals surface area (Å²) < 4.78 is 18.4. The van der Waals surface area contributed by atoms with Crippen molar-refractivity contribution in [3.63, 3.8) is 0 Å². The van der Waals surface area contributed by atoms with Crippen molar-refractivity contribution >= 4 is 6.09 Å². The lowest BCUT2D eigenvalue weighted by Gasteiger charge is -2.33. The molecule has 1 amide bonds. The van der Waals surface area contributed by atoms with Crippen molar-refractivity contribution in [2.75, 3.05) is 6.54 Å². The molecule has 26 heavy (non-hydrogen) atoms. The normalized spacial score (nSPS) is 22.2. The van der Waals surface area contributed by atoms with Crippen LogP contribution in [0.3, 0.4) is 0 Å². The maximum atomic E-state index is 13.1. The number of ether oxygens (including phenoxy) is 1. The van der Waals surface area contributed by atoms with Crippen LogP contribution in [-0.4, -0.2) is 23.8 Å². The third-order valence-electron chi connectivity index (χ3n) is 5.13. The van der Waals surface area contributed by atoms with Gasteiger partial charge in [0.15, 0.2) is 0 Å². The SMILES string of the molecule is O=C(NCC1(Cc2ccc(F)cc2)CCCC1O)OCc1ccccc1. The highest BCUT2D eigenvalue weighted by molar-refractivity contribution is 5.67.